The molecule has 0 aromatic rings. The summed E-state index contributed by atoms with van der Waals surface area (Å²) in [5, 5.41) is 10.9. The lowest BCUT2D eigenvalue weighted by molar-refractivity contribution is -0.186. The fourth-order valence-corrected chi connectivity index (χ4v) is 6.83. The maximum absolute atomic E-state index is 11.7. The first-order chi connectivity index (χ1) is 10.3. The summed E-state index contributed by atoms with van der Waals surface area (Å²) < 4.78 is 5.49. The minimum Gasteiger partial charge on any atom is -0.465 e. The molecule has 4 fully saturated rings. The van der Waals surface area contributed by atoms with Crippen LogP contribution in [0.15, 0.2) is 0 Å². The van der Waals surface area contributed by atoms with E-state index in [1.807, 2.05) is 0 Å². The average molecular weight is 323 g/mol. The number of aliphatic hydroxyl groups is 1. The number of cyclic esters (lactones) is 1. The molecule has 4 rings (SSSR count). The molecule has 23 heavy (non-hydrogen) atoms. The lowest BCUT2D eigenvalue weighted by Gasteiger charge is -2.60. The van der Waals surface area contributed by atoms with E-state index in [9.17, 15) is 9.90 Å². The number of esters is 1. The van der Waals surface area contributed by atoms with Gasteiger partial charge in [0.1, 0.15) is 0 Å². The summed E-state index contributed by atoms with van der Waals surface area (Å²) in [6.45, 7) is 7.38. The maximum atomic E-state index is 11.7. The van der Waals surface area contributed by atoms with Gasteiger partial charge in [0.2, 0.25) is 0 Å². The summed E-state index contributed by atoms with van der Waals surface area (Å²) in [6, 6.07) is 0. The molecule has 4 nitrogen and oxygen atoms in total. The summed E-state index contributed by atoms with van der Waals surface area (Å²) >= 11 is 0. The van der Waals surface area contributed by atoms with Gasteiger partial charge in [0.05, 0.1) is 12.2 Å². The Morgan fingerprint density at radius 1 is 1.04 bits per heavy atom. The number of fused-ring (bicyclic) bond motifs is 5. The van der Waals surface area contributed by atoms with Crippen molar-refractivity contribution in [3.05, 3.63) is 0 Å². The molecule has 1 radical (unpaired) electrons. The SMILES string of the molecule is C[C@]12COC(=O)C[C@@H]1CC[C@@H]1[C@@H]2CC[C@@]2(C)[C@H]1CC[C@]2(C)O.[OH]. The van der Waals surface area contributed by atoms with E-state index in [0.29, 0.717) is 36.7 Å². The third kappa shape index (κ3) is 2.13. The van der Waals surface area contributed by atoms with Gasteiger partial charge in [0, 0.05) is 11.8 Å². The monoisotopic (exact) mass is 323 g/mol. The Balaban J connectivity index is 0.00000156. The lowest BCUT2D eigenvalue weighted by Crippen LogP contribution is -2.57. The second kappa shape index (κ2) is 5.19. The van der Waals surface area contributed by atoms with Gasteiger partial charge in [0.15, 0.2) is 0 Å². The van der Waals surface area contributed by atoms with Gasteiger partial charge >= 0.3 is 5.97 Å². The highest BCUT2D eigenvalue weighted by Crippen LogP contribution is 2.67. The van der Waals surface area contributed by atoms with Crippen LogP contribution in [0.4, 0.5) is 0 Å². The van der Waals surface area contributed by atoms with Crippen LogP contribution in [0.3, 0.4) is 0 Å². The molecular formula is C19H31O4. The van der Waals surface area contributed by atoms with E-state index in [2.05, 4.69) is 20.8 Å². The minimum absolute atomic E-state index is 0. The molecule has 1 saturated heterocycles. The van der Waals surface area contributed by atoms with Crippen LogP contribution in [-0.2, 0) is 9.53 Å². The van der Waals surface area contributed by atoms with Crippen molar-refractivity contribution in [2.75, 3.05) is 6.61 Å². The molecule has 0 aromatic carbocycles. The molecule has 1 aliphatic heterocycles. The van der Waals surface area contributed by atoms with Gasteiger partial charge < -0.3 is 9.84 Å². The predicted molar refractivity (Wildman–Crippen MR) is 86.0 cm³/mol. The van der Waals surface area contributed by atoms with Crippen LogP contribution in [0, 0.1) is 34.5 Å². The van der Waals surface area contributed by atoms with E-state index < -0.39 is 5.60 Å². The van der Waals surface area contributed by atoms with Crippen LogP contribution in [0.5, 0.6) is 0 Å². The average Bonchev–Trinajstić information content (AvgIpc) is 2.70. The first kappa shape index (κ1) is 17.2. The van der Waals surface area contributed by atoms with E-state index in [0.717, 1.165) is 12.8 Å². The van der Waals surface area contributed by atoms with Gasteiger partial charge in [-0.15, -0.1) is 0 Å². The molecule has 4 heteroatoms. The summed E-state index contributed by atoms with van der Waals surface area (Å²) in [5.41, 5.74) is -0.241. The zero-order valence-corrected chi connectivity index (χ0v) is 14.7. The van der Waals surface area contributed by atoms with Gasteiger partial charge in [-0.3, -0.25) is 10.3 Å². The molecule has 0 unspecified atom stereocenters. The first-order valence-electron chi connectivity index (χ1n) is 9.16. The van der Waals surface area contributed by atoms with Gasteiger partial charge in [-0.1, -0.05) is 13.8 Å². The minimum atomic E-state index is -0.501. The summed E-state index contributed by atoms with van der Waals surface area (Å²) in [7, 11) is 0. The second-order valence-electron chi connectivity index (χ2n) is 9.29. The third-order valence-corrected chi connectivity index (χ3v) is 8.58. The van der Waals surface area contributed by atoms with Crippen LogP contribution in [0.25, 0.3) is 0 Å². The molecule has 0 spiro atoms. The van der Waals surface area contributed by atoms with E-state index in [1.54, 1.807) is 0 Å². The van der Waals surface area contributed by atoms with Crippen LogP contribution in [0.2, 0.25) is 0 Å². The van der Waals surface area contributed by atoms with Gasteiger partial charge in [0.25, 0.3) is 0 Å². The van der Waals surface area contributed by atoms with E-state index in [-0.39, 0.29) is 22.3 Å². The molecule has 2 N–H and O–H groups in total. The van der Waals surface area contributed by atoms with Crippen molar-refractivity contribution < 1.29 is 20.1 Å². The highest BCUT2D eigenvalue weighted by molar-refractivity contribution is 5.70. The van der Waals surface area contributed by atoms with Gasteiger partial charge in [-0.25, -0.2) is 0 Å². The molecule has 3 aliphatic carbocycles. The van der Waals surface area contributed by atoms with Crippen LogP contribution in [-0.4, -0.2) is 28.8 Å². The smallest absolute Gasteiger partial charge is 0.306 e. The summed E-state index contributed by atoms with van der Waals surface area (Å²) in [4.78, 5) is 11.7. The second-order valence-corrected chi connectivity index (χ2v) is 9.29. The molecule has 3 saturated carbocycles. The highest BCUT2D eigenvalue weighted by atomic mass is 16.5. The number of ether oxygens (including phenoxy) is 1. The predicted octanol–water partition coefficient (Wildman–Crippen LogP) is 3.37. The normalized spacial score (nSPS) is 55.0. The van der Waals surface area contributed by atoms with Crippen molar-refractivity contribution in [1.82, 2.24) is 0 Å². The number of carbonyl (C=O) groups is 1. The van der Waals surface area contributed by atoms with Crippen molar-refractivity contribution in [1.29, 1.82) is 0 Å². The van der Waals surface area contributed by atoms with Crippen LogP contribution >= 0.6 is 0 Å². The largest absolute Gasteiger partial charge is 0.465 e. The molecule has 0 amide bonds. The topological polar surface area (TPSA) is 76.5 Å². The molecular weight excluding hydrogens is 292 g/mol. The van der Waals surface area contributed by atoms with Crippen molar-refractivity contribution in [2.24, 2.45) is 34.5 Å². The first-order valence-corrected chi connectivity index (χ1v) is 9.16. The summed E-state index contributed by atoms with van der Waals surface area (Å²) in [5.74, 6) is 2.56. The molecule has 0 aromatic heterocycles. The number of hydrogen-bond donors (Lipinski definition) is 2. The number of hydrogen-bond acceptors (Lipinski definition) is 3. The zero-order chi connectivity index (χ0) is 15.8. The Morgan fingerprint density at radius 2 is 1.74 bits per heavy atom. The third-order valence-electron chi connectivity index (χ3n) is 8.58. The van der Waals surface area contributed by atoms with Crippen molar-refractivity contribution in [3.8, 4) is 0 Å². The quantitative estimate of drug-likeness (QED) is 0.671. The van der Waals surface area contributed by atoms with Gasteiger partial charge in [-0.05, 0) is 74.5 Å². The molecule has 131 valence electrons. The standard InChI is InChI=1S/C19H30O3.HO/c1-17-11-22-16(20)10-12(17)4-5-13-14(17)6-8-18(2)15(13)7-9-19(18,3)21;/h12-15,21H,4-11H2,1-3H3;1H/t12-,13+,14-,15-,17-,18-,19-;/m0./s1. The maximum Gasteiger partial charge on any atom is 0.306 e. The van der Waals surface area contributed by atoms with E-state index in [1.165, 1.54) is 25.7 Å². The molecule has 4 aliphatic rings. The number of rotatable bonds is 0. The Kier molecular flexibility index (Phi) is 3.89. The summed E-state index contributed by atoms with van der Waals surface area (Å²) in [6.07, 6.45) is 7.48. The van der Waals surface area contributed by atoms with Crippen LogP contribution in [0.1, 0.15) is 65.7 Å². The lowest BCUT2D eigenvalue weighted by atomic mass is 9.46. The van der Waals surface area contributed by atoms with Gasteiger partial charge in [-0.2, -0.15) is 0 Å². The number of carbonyl (C=O) groups excluding carboxylic acids is 1. The van der Waals surface area contributed by atoms with Crippen molar-refractivity contribution >= 4 is 5.97 Å². The Morgan fingerprint density at radius 3 is 2.48 bits per heavy atom. The van der Waals surface area contributed by atoms with Crippen molar-refractivity contribution in [2.45, 2.75) is 71.3 Å². The Hall–Kier alpha value is -0.610. The molecule has 1 heterocycles. The molecule has 0 bridgehead atoms. The Bertz CT molecular complexity index is 502. The van der Waals surface area contributed by atoms with Crippen LogP contribution < -0.4 is 0 Å². The van der Waals surface area contributed by atoms with E-state index in [4.69, 9.17) is 4.74 Å². The molecule has 7 atom stereocenters. The van der Waals surface area contributed by atoms with Crippen molar-refractivity contribution in [3.63, 3.8) is 0 Å². The fraction of sp³-hybridized carbons (Fsp3) is 0.947. The van der Waals surface area contributed by atoms with E-state index >= 15 is 0 Å². The Labute approximate surface area is 139 Å². The highest BCUT2D eigenvalue weighted by Gasteiger charge is 2.63. The zero-order valence-electron chi connectivity index (χ0n) is 14.7. The fourth-order valence-electron chi connectivity index (χ4n) is 6.83.